The predicted octanol–water partition coefficient (Wildman–Crippen LogP) is -0.0811. The molecule has 0 spiro atoms. The summed E-state index contributed by atoms with van der Waals surface area (Å²) in [5.41, 5.74) is 5.01. The standard InChI is InChI=1S/C29H38N4O7/c1-31(2)22-15(13-33-8-6-5-7-9-33)12-18(34)20-16(22)10-14-11-17-23(32(3)4)25(36)21(28(30)39)27(38)29(17,40)26(37)19(14)24(20)35/h12,14,17,19,21,23,34,40H,5-11,13H2,1-4H3,(H2,30,39)/t14-,17-,19?,21?,23-,29-/m0/s1. The highest BCUT2D eigenvalue weighted by Crippen LogP contribution is 2.52. The SMILES string of the molecule is CN(C)c1c(CN2CCCCC2)cc(O)c2c1C[C@H]1C[C@H]3[C@H](N(C)C)C(=O)C(C(N)=O)C(=O)[C@@]3(O)C(=O)C1C2=O. The molecule has 40 heavy (non-hydrogen) atoms. The molecule has 0 radical (unpaired) electrons. The molecule has 0 aromatic heterocycles. The van der Waals surface area contributed by atoms with Crippen LogP contribution in [0.15, 0.2) is 6.07 Å². The van der Waals surface area contributed by atoms with Gasteiger partial charge < -0.3 is 20.8 Å². The number of hydrogen-bond donors (Lipinski definition) is 3. The molecule has 1 saturated heterocycles. The van der Waals surface area contributed by atoms with Crippen molar-refractivity contribution < 1.29 is 34.2 Å². The number of phenols is 1. The number of amides is 1. The van der Waals surface area contributed by atoms with Crippen molar-refractivity contribution in [2.24, 2.45) is 29.4 Å². The van der Waals surface area contributed by atoms with Crippen molar-refractivity contribution >= 4 is 34.7 Å². The molecule has 1 heterocycles. The Hall–Kier alpha value is -3.15. The number of fused-ring (bicyclic) bond motifs is 3. The summed E-state index contributed by atoms with van der Waals surface area (Å²) in [5.74, 6) is -10.3. The quantitative estimate of drug-likeness (QED) is 0.420. The number of aromatic hydroxyl groups is 1. The van der Waals surface area contributed by atoms with Crippen LogP contribution in [-0.4, -0.2) is 102 Å². The minimum Gasteiger partial charge on any atom is -0.507 e. The summed E-state index contributed by atoms with van der Waals surface area (Å²) in [4.78, 5) is 72.5. The van der Waals surface area contributed by atoms with Gasteiger partial charge in [-0.3, -0.25) is 33.8 Å². The minimum atomic E-state index is -2.72. The molecule has 0 bridgehead atoms. The van der Waals surface area contributed by atoms with E-state index in [0.717, 1.165) is 37.2 Å². The van der Waals surface area contributed by atoms with E-state index < -0.39 is 64.4 Å². The van der Waals surface area contributed by atoms with Crippen LogP contribution >= 0.6 is 0 Å². The molecule has 3 aliphatic carbocycles. The summed E-state index contributed by atoms with van der Waals surface area (Å²) in [7, 11) is 6.89. The number of likely N-dealkylation sites (tertiary alicyclic amines) is 1. The fourth-order valence-corrected chi connectivity index (χ4v) is 7.76. The van der Waals surface area contributed by atoms with Crippen molar-refractivity contribution in [2.75, 3.05) is 46.2 Å². The third-order valence-corrected chi connectivity index (χ3v) is 9.40. The molecule has 2 saturated carbocycles. The van der Waals surface area contributed by atoms with Gasteiger partial charge in [-0.2, -0.15) is 0 Å². The normalized spacial score (nSPS) is 32.5. The average molecular weight is 555 g/mol. The van der Waals surface area contributed by atoms with Crippen LogP contribution in [0, 0.1) is 23.7 Å². The van der Waals surface area contributed by atoms with Gasteiger partial charge in [-0.15, -0.1) is 0 Å². The number of Topliss-reactive ketones (excluding diaryl/α,β-unsaturated/α-hetero) is 4. The number of ketones is 4. The summed E-state index contributed by atoms with van der Waals surface area (Å²) < 4.78 is 0. The van der Waals surface area contributed by atoms with Crippen LogP contribution in [0.3, 0.4) is 0 Å². The molecule has 1 amide bonds. The van der Waals surface area contributed by atoms with Gasteiger partial charge in [-0.05, 0) is 76.0 Å². The first kappa shape index (κ1) is 28.4. The lowest BCUT2D eigenvalue weighted by Gasteiger charge is -2.52. The van der Waals surface area contributed by atoms with Crippen LogP contribution in [0.2, 0.25) is 0 Å². The fraction of sp³-hybridized carbons (Fsp3) is 0.621. The van der Waals surface area contributed by atoms with E-state index in [-0.39, 0.29) is 24.2 Å². The molecule has 4 N–H and O–H groups in total. The lowest BCUT2D eigenvalue weighted by molar-refractivity contribution is -0.181. The van der Waals surface area contributed by atoms with Gasteiger partial charge in [-0.1, -0.05) is 6.42 Å². The van der Waals surface area contributed by atoms with E-state index in [1.54, 1.807) is 20.2 Å². The molecule has 1 aromatic carbocycles. The summed E-state index contributed by atoms with van der Waals surface area (Å²) >= 11 is 0. The Labute approximate surface area is 233 Å². The molecule has 11 heteroatoms. The van der Waals surface area contributed by atoms with Gasteiger partial charge >= 0.3 is 0 Å². The zero-order valence-corrected chi connectivity index (χ0v) is 23.5. The van der Waals surface area contributed by atoms with E-state index >= 15 is 0 Å². The number of aliphatic hydroxyl groups is 1. The highest BCUT2D eigenvalue weighted by atomic mass is 16.3. The molecule has 216 valence electrons. The van der Waals surface area contributed by atoms with Crippen LogP contribution in [0.5, 0.6) is 5.75 Å². The average Bonchev–Trinajstić information content (AvgIpc) is 2.86. The number of rotatable bonds is 5. The predicted molar refractivity (Wildman–Crippen MR) is 145 cm³/mol. The summed E-state index contributed by atoms with van der Waals surface area (Å²) in [6, 6.07) is 0.468. The van der Waals surface area contributed by atoms with E-state index in [1.165, 1.54) is 11.3 Å². The molecular weight excluding hydrogens is 516 g/mol. The van der Waals surface area contributed by atoms with Crippen molar-refractivity contribution in [1.82, 2.24) is 9.80 Å². The van der Waals surface area contributed by atoms with Crippen molar-refractivity contribution in [3.8, 4) is 5.75 Å². The number of primary amides is 1. The second-order valence-electron chi connectivity index (χ2n) is 12.3. The number of benzene rings is 1. The first-order valence-corrected chi connectivity index (χ1v) is 13.9. The smallest absolute Gasteiger partial charge is 0.235 e. The zero-order valence-electron chi connectivity index (χ0n) is 23.5. The molecule has 6 atom stereocenters. The second kappa shape index (κ2) is 10.0. The van der Waals surface area contributed by atoms with Crippen molar-refractivity contribution in [3.63, 3.8) is 0 Å². The van der Waals surface area contributed by atoms with Crippen molar-refractivity contribution in [1.29, 1.82) is 0 Å². The van der Waals surface area contributed by atoms with Gasteiger partial charge in [0.1, 0.15) is 5.75 Å². The maximum Gasteiger partial charge on any atom is 0.235 e. The second-order valence-corrected chi connectivity index (χ2v) is 12.3. The zero-order chi connectivity index (χ0) is 29.3. The lowest BCUT2D eigenvalue weighted by atomic mass is 9.52. The largest absolute Gasteiger partial charge is 0.507 e. The Balaban J connectivity index is 1.61. The van der Waals surface area contributed by atoms with Gasteiger partial charge in [0, 0.05) is 32.2 Å². The molecule has 2 unspecified atom stereocenters. The van der Waals surface area contributed by atoms with E-state index in [4.69, 9.17) is 5.73 Å². The van der Waals surface area contributed by atoms with Gasteiger partial charge in [-0.25, -0.2) is 0 Å². The molecule has 3 fully saturated rings. The van der Waals surface area contributed by atoms with Gasteiger partial charge in [0.25, 0.3) is 0 Å². The van der Waals surface area contributed by atoms with Crippen molar-refractivity contribution in [2.45, 2.75) is 50.3 Å². The Bertz CT molecular complexity index is 1300. The monoisotopic (exact) mass is 554 g/mol. The third-order valence-electron chi connectivity index (χ3n) is 9.40. The molecule has 1 aromatic rings. The minimum absolute atomic E-state index is 0.0256. The number of carbonyl (C=O) groups excluding carboxylic acids is 5. The van der Waals surface area contributed by atoms with Crippen LogP contribution in [0.4, 0.5) is 5.69 Å². The van der Waals surface area contributed by atoms with E-state index in [1.807, 2.05) is 19.0 Å². The van der Waals surface area contributed by atoms with Crippen molar-refractivity contribution in [3.05, 3.63) is 22.8 Å². The number of nitrogens with zero attached hydrogens (tertiary/aromatic N) is 3. The fourth-order valence-electron chi connectivity index (χ4n) is 7.76. The third kappa shape index (κ3) is 4.09. The number of carbonyl (C=O) groups is 5. The molecule has 5 rings (SSSR count). The van der Waals surface area contributed by atoms with E-state index in [0.29, 0.717) is 12.1 Å². The Morgan fingerprint density at radius 1 is 1.07 bits per heavy atom. The number of phenolic OH excluding ortho intramolecular Hbond substituents is 1. The maximum atomic E-state index is 14.0. The van der Waals surface area contributed by atoms with Gasteiger partial charge in [0.15, 0.2) is 34.7 Å². The Kier molecular flexibility index (Phi) is 7.12. The molecule has 11 nitrogen and oxygen atoms in total. The number of nitrogens with two attached hydrogens (primary N) is 1. The summed E-state index contributed by atoms with van der Waals surface area (Å²) in [5, 5.41) is 22.8. The maximum absolute atomic E-state index is 14.0. The highest BCUT2D eigenvalue weighted by Gasteiger charge is 2.69. The Morgan fingerprint density at radius 2 is 1.73 bits per heavy atom. The Morgan fingerprint density at radius 3 is 2.30 bits per heavy atom. The van der Waals surface area contributed by atoms with Crippen LogP contribution in [0.1, 0.15) is 47.2 Å². The van der Waals surface area contributed by atoms with E-state index in [2.05, 4.69) is 4.90 Å². The van der Waals surface area contributed by atoms with Gasteiger partial charge in [0.2, 0.25) is 5.91 Å². The van der Waals surface area contributed by atoms with Crippen LogP contribution < -0.4 is 10.6 Å². The lowest BCUT2D eigenvalue weighted by Crippen LogP contribution is -2.74. The molecular formula is C29H38N4O7. The topological polar surface area (TPSA) is 162 Å². The summed E-state index contributed by atoms with van der Waals surface area (Å²) in [6.45, 7) is 2.50. The summed E-state index contributed by atoms with van der Waals surface area (Å²) in [6.07, 6.45) is 3.67. The molecule has 1 aliphatic heterocycles. The van der Waals surface area contributed by atoms with Gasteiger partial charge in [0.05, 0.1) is 17.5 Å². The number of hydrogen-bond acceptors (Lipinski definition) is 10. The highest BCUT2D eigenvalue weighted by molar-refractivity contribution is 6.32. The number of piperidine rings is 1. The van der Waals surface area contributed by atoms with E-state index in [9.17, 15) is 34.2 Å². The first-order chi connectivity index (χ1) is 18.8. The molecule has 4 aliphatic rings. The van der Waals surface area contributed by atoms with Crippen LogP contribution in [0.25, 0.3) is 0 Å². The first-order valence-electron chi connectivity index (χ1n) is 13.9. The van der Waals surface area contributed by atoms with Crippen LogP contribution in [-0.2, 0) is 32.1 Å². The number of likely N-dealkylation sites (N-methyl/N-ethyl adjacent to an activating group) is 1. The number of anilines is 1.